The van der Waals surface area contributed by atoms with Crippen LogP contribution in [0.1, 0.15) is 43.0 Å². The van der Waals surface area contributed by atoms with Crippen LogP contribution in [0, 0.1) is 0 Å². The zero-order chi connectivity index (χ0) is 17.6. The van der Waals surface area contributed by atoms with Crippen LogP contribution in [0.4, 0.5) is 0 Å². The van der Waals surface area contributed by atoms with E-state index in [1.165, 1.54) is 6.33 Å². The molecule has 0 spiro atoms. The zero-order valence-corrected chi connectivity index (χ0v) is 14.3. The molecular formula is C18H22N4O3. The number of ether oxygens (including phenoxy) is 1. The third-order valence-corrected chi connectivity index (χ3v) is 4.34. The fraction of sp³-hybridized carbons (Fsp3) is 0.444. The summed E-state index contributed by atoms with van der Waals surface area (Å²) in [7, 11) is 0. The van der Waals surface area contributed by atoms with Gasteiger partial charge < -0.3 is 9.64 Å². The van der Waals surface area contributed by atoms with Crippen molar-refractivity contribution in [3.63, 3.8) is 0 Å². The van der Waals surface area contributed by atoms with E-state index in [9.17, 15) is 9.59 Å². The van der Waals surface area contributed by atoms with E-state index in [1.54, 1.807) is 47.1 Å². The summed E-state index contributed by atoms with van der Waals surface area (Å²) in [6, 6.07) is 6.82. The predicted molar refractivity (Wildman–Crippen MR) is 91.3 cm³/mol. The van der Waals surface area contributed by atoms with Crippen LogP contribution in [-0.2, 0) is 9.53 Å². The van der Waals surface area contributed by atoms with E-state index in [2.05, 4.69) is 10.1 Å². The maximum absolute atomic E-state index is 12.5. The minimum absolute atomic E-state index is 0.116. The first-order valence-corrected chi connectivity index (χ1v) is 8.60. The Morgan fingerprint density at radius 2 is 1.76 bits per heavy atom. The topological polar surface area (TPSA) is 77.3 Å². The molecule has 0 saturated carbocycles. The van der Waals surface area contributed by atoms with Crippen molar-refractivity contribution in [2.75, 3.05) is 13.1 Å². The van der Waals surface area contributed by atoms with Crippen LogP contribution in [0.3, 0.4) is 0 Å². The van der Waals surface area contributed by atoms with Crippen molar-refractivity contribution >= 4 is 11.9 Å². The van der Waals surface area contributed by atoms with E-state index in [-0.39, 0.29) is 5.91 Å². The molecule has 1 fully saturated rings. The molecular weight excluding hydrogens is 320 g/mol. The van der Waals surface area contributed by atoms with Gasteiger partial charge in [-0.15, -0.1) is 0 Å². The summed E-state index contributed by atoms with van der Waals surface area (Å²) in [4.78, 5) is 30.4. The van der Waals surface area contributed by atoms with Crippen molar-refractivity contribution < 1.29 is 14.3 Å². The number of carbonyl (C=O) groups excluding carboxylic acids is 2. The fourth-order valence-corrected chi connectivity index (χ4v) is 2.92. The lowest BCUT2D eigenvalue weighted by molar-refractivity contribution is -0.139. The van der Waals surface area contributed by atoms with Crippen molar-refractivity contribution in [1.29, 1.82) is 0 Å². The minimum atomic E-state index is -0.777. The average molecular weight is 342 g/mol. The van der Waals surface area contributed by atoms with Crippen LogP contribution in [0.15, 0.2) is 36.9 Å². The predicted octanol–water partition coefficient (Wildman–Crippen LogP) is 2.22. The van der Waals surface area contributed by atoms with Gasteiger partial charge in [0.25, 0.3) is 5.91 Å². The van der Waals surface area contributed by atoms with Crippen molar-refractivity contribution in [3.05, 3.63) is 42.5 Å². The number of rotatable bonds is 4. The third-order valence-electron chi connectivity index (χ3n) is 4.34. The van der Waals surface area contributed by atoms with Crippen molar-refractivity contribution in [2.24, 2.45) is 0 Å². The third kappa shape index (κ3) is 4.23. The largest absolute Gasteiger partial charge is 0.449 e. The summed E-state index contributed by atoms with van der Waals surface area (Å²) < 4.78 is 6.96. The summed E-state index contributed by atoms with van der Waals surface area (Å²) in [5.74, 6) is -0.615. The highest BCUT2D eigenvalue weighted by Gasteiger charge is 2.24. The van der Waals surface area contributed by atoms with E-state index in [0.29, 0.717) is 5.56 Å². The van der Waals surface area contributed by atoms with Crippen LogP contribution >= 0.6 is 0 Å². The molecule has 0 aliphatic carbocycles. The summed E-state index contributed by atoms with van der Waals surface area (Å²) in [6.07, 6.45) is 6.56. The van der Waals surface area contributed by atoms with Crippen molar-refractivity contribution in [3.8, 4) is 5.69 Å². The molecule has 2 aromatic rings. The SMILES string of the molecule is C[C@@H](OC(=O)c1ccc(-n2cncn2)cc1)C(=O)N1CCCCCC1. The molecule has 2 heterocycles. The number of esters is 1. The molecule has 25 heavy (non-hydrogen) atoms. The molecule has 1 amide bonds. The Labute approximate surface area is 146 Å². The number of aromatic nitrogens is 3. The second-order valence-corrected chi connectivity index (χ2v) is 6.17. The standard InChI is InChI=1S/C18H22N4O3/c1-14(17(23)21-10-4-2-3-5-11-21)25-18(24)15-6-8-16(9-7-15)22-13-19-12-20-22/h6-9,12-14H,2-5,10-11H2,1H3/t14-/m1/s1. The van der Waals surface area contributed by atoms with Gasteiger partial charge in [0.2, 0.25) is 0 Å². The molecule has 0 N–H and O–H groups in total. The first-order valence-electron chi connectivity index (χ1n) is 8.60. The smallest absolute Gasteiger partial charge is 0.338 e. The number of carbonyl (C=O) groups is 2. The zero-order valence-electron chi connectivity index (χ0n) is 14.3. The minimum Gasteiger partial charge on any atom is -0.449 e. The van der Waals surface area contributed by atoms with Crippen molar-refractivity contribution in [2.45, 2.75) is 38.7 Å². The Morgan fingerprint density at radius 1 is 1.08 bits per heavy atom. The van der Waals surface area contributed by atoms with Gasteiger partial charge in [0, 0.05) is 13.1 Å². The lowest BCUT2D eigenvalue weighted by atomic mass is 10.2. The average Bonchev–Trinajstić information content (AvgIpc) is 3.03. The van der Waals surface area contributed by atoms with E-state index >= 15 is 0 Å². The summed E-state index contributed by atoms with van der Waals surface area (Å²) in [5.41, 5.74) is 1.20. The highest BCUT2D eigenvalue weighted by molar-refractivity contribution is 5.92. The Balaban J connectivity index is 1.60. The summed E-state index contributed by atoms with van der Waals surface area (Å²) in [5, 5.41) is 4.03. The molecule has 1 atom stereocenters. The highest BCUT2D eigenvalue weighted by atomic mass is 16.5. The summed E-state index contributed by atoms with van der Waals surface area (Å²) >= 11 is 0. The van der Waals surface area contributed by atoms with Gasteiger partial charge in [-0.1, -0.05) is 12.8 Å². The summed E-state index contributed by atoms with van der Waals surface area (Å²) in [6.45, 7) is 3.12. The van der Waals surface area contributed by atoms with Crippen LogP contribution in [0.5, 0.6) is 0 Å². The quantitative estimate of drug-likeness (QED) is 0.796. The molecule has 0 bridgehead atoms. The fourth-order valence-electron chi connectivity index (χ4n) is 2.92. The molecule has 1 aromatic heterocycles. The molecule has 1 aliphatic heterocycles. The van der Waals surface area contributed by atoms with Gasteiger partial charge in [0.1, 0.15) is 12.7 Å². The monoisotopic (exact) mass is 342 g/mol. The molecule has 3 rings (SSSR count). The first kappa shape index (κ1) is 17.1. The molecule has 1 aromatic carbocycles. The van der Waals surface area contributed by atoms with Gasteiger partial charge in [-0.05, 0) is 44.0 Å². The van der Waals surface area contributed by atoms with Crippen LogP contribution in [0.25, 0.3) is 5.69 Å². The van der Waals surface area contributed by atoms with Gasteiger partial charge >= 0.3 is 5.97 Å². The highest BCUT2D eigenvalue weighted by Crippen LogP contribution is 2.14. The van der Waals surface area contributed by atoms with E-state index in [1.807, 2.05) is 0 Å². The van der Waals surface area contributed by atoms with Gasteiger partial charge in [-0.25, -0.2) is 14.5 Å². The second-order valence-electron chi connectivity index (χ2n) is 6.17. The van der Waals surface area contributed by atoms with E-state index in [0.717, 1.165) is 44.5 Å². The molecule has 1 aliphatic rings. The molecule has 132 valence electrons. The van der Waals surface area contributed by atoms with Crippen LogP contribution in [-0.4, -0.2) is 50.7 Å². The van der Waals surface area contributed by atoms with E-state index in [4.69, 9.17) is 4.74 Å². The van der Waals surface area contributed by atoms with Gasteiger partial charge in [-0.3, -0.25) is 4.79 Å². The number of likely N-dealkylation sites (tertiary alicyclic amines) is 1. The number of benzene rings is 1. The normalized spacial score (nSPS) is 16.1. The number of amides is 1. The molecule has 1 saturated heterocycles. The lowest BCUT2D eigenvalue weighted by Crippen LogP contribution is -2.40. The second kappa shape index (κ2) is 7.92. The Hall–Kier alpha value is -2.70. The maximum atomic E-state index is 12.5. The maximum Gasteiger partial charge on any atom is 0.338 e. The van der Waals surface area contributed by atoms with Crippen LogP contribution in [0.2, 0.25) is 0 Å². The molecule has 0 unspecified atom stereocenters. The molecule has 7 nitrogen and oxygen atoms in total. The Bertz CT molecular complexity index is 704. The molecule has 0 radical (unpaired) electrons. The van der Waals surface area contributed by atoms with Gasteiger partial charge in [0.15, 0.2) is 6.10 Å². The first-order chi connectivity index (χ1) is 12.1. The Kier molecular flexibility index (Phi) is 5.42. The van der Waals surface area contributed by atoms with Crippen LogP contribution < -0.4 is 0 Å². The number of hydrogen-bond acceptors (Lipinski definition) is 5. The molecule has 7 heteroatoms. The number of nitrogens with zero attached hydrogens (tertiary/aromatic N) is 4. The van der Waals surface area contributed by atoms with Gasteiger partial charge in [0.05, 0.1) is 11.3 Å². The lowest BCUT2D eigenvalue weighted by Gasteiger charge is -2.24. The number of hydrogen-bond donors (Lipinski definition) is 0. The Morgan fingerprint density at radius 3 is 2.36 bits per heavy atom. The van der Waals surface area contributed by atoms with Gasteiger partial charge in [-0.2, -0.15) is 5.10 Å². The van der Waals surface area contributed by atoms with E-state index < -0.39 is 12.1 Å². The van der Waals surface area contributed by atoms with Crippen molar-refractivity contribution in [1.82, 2.24) is 19.7 Å².